The fourth-order valence-electron chi connectivity index (χ4n) is 1.22. The van der Waals surface area contributed by atoms with E-state index in [0.717, 1.165) is 6.42 Å². The van der Waals surface area contributed by atoms with E-state index in [1.54, 1.807) is 6.21 Å². The number of anilines is 1. The molecule has 74 valence electrons. The van der Waals surface area contributed by atoms with Crippen molar-refractivity contribution >= 4 is 17.7 Å². The number of aliphatic imine (C=N–C) groups is 1. The molecule has 0 aliphatic carbocycles. The maximum atomic E-state index is 11.3. The maximum Gasteiger partial charge on any atom is 0.295 e. The molecule has 0 saturated carbocycles. The fraction of sp³-hybridized carbons (Fsp3) is 0.500. The number of hydrogen-bond acceptors (Lipinski definition) is 5. The zero-order valence-corrected chi connectivity index (χ0v) is 8.03. The van der Waals surface area contributed by atoms with Gasteiger partial charge in [-0.15, -0.1) is 5.10 Å². The van der Waals surface area contributed by atoms with Crippen LogP contribution in [0.2, 0.25) is 0 Å². The highest BCUT2D eigenvalue weighted by atomic mass is 16.1. The zero-order valence-electron chi connectivity index (χ0n) is 8.03. The van der Waals surface area contributed by atoms with Crippen molar-refractivity contribution in [3.8, 4) is 0 Å². The third-order valence-electron chi connectivity index (χ3n) is 2.36. The number of hydrogen-bond donors (Lipinski definition) is 2. The molecule has 0 radical (unpaired) electrons. The second kappa shape index (κ2) is 2.90. The Morgan fingerprint density at radius 2 is 2.36 bits per heavy atom. The monoisotopic (exact) mass is 193 g/mol. The summed E-state index contributed by atoms with van der Waals surface area (Å²) in [5.41, 5.74) is -0.266. The zero-order chi connectivity index (χ0) is 10.2. The van der Waals surface area contributed by atoms with Gasteiger partial charge in [0.05, 0.1) is 5.54 Å². The third kappa shape index (κ3) is 1.28. The van der Waals surface area contributed by atoms with Crippen LogP contribution in [0.15, 0.2) is 9.79 Å². The van der Waals surface area contributed by atoms with Crippen LogP contribution in [0.5, 0.6) is 0 Å². The molecule has 0 aromatic carbocycles. The number of aromatic amines is 1. The van der Waals surface area contributed by atoms with Crippen LogP contribution in [-0.2, 0) is 0 Å². The van der Waals surface area contributed by atoms with Crippen molar-refractivity contribution in [2.45, 2.75) is 25.8 Å². The van der Waals surface area contributed by atoms with E-state index in [4.69, 9.17) is 0 Å². The molecular weight excluding hydrogens is 182 g/mol. The summed E-state index contributed by atoms with van der Waals surface area (Å²) < 4.78 is 0. The summed E-state index contributed by atoms with van der Waals surface area (Å²) in [6.45, 7) is 4.02. The number of H-pyrrole nitrogens is 1. The normalized spacial score (nSPS) is 24.1. The summed E-state index contributed by atoms with van der Waals surface area (Å²) in [7, 11) is 0. The van der Waals surface area contributed by atoms with Crippen LogP contribution in [0.3, 0.4) is 0 Å². The van der Waals surface area contributed by atoms with Crippen LogP contribution in [0.25, 0.3) is 0 Å². The molecule has 0 bridgehead atoms. The summed E-state index contributed by atoms with van der Waals surface area (Å²) in [6, 6.07) is 0. The van der Waals surface area contributed by atoms with Gasteiger partial charge in [-0.2, -0.15) is 0 Å². The van der Waals surface area contributed by atoms with E-state index < -0.39 is 0 Å². The number of aromatic nitrogens is 3. The maximum absolute atomic E-state index is 11.3. The second-order valence-electron chi connectivity index (χ2n) is 3.49. The van der Waals surface area contributed by atoms with E-state index in [2.05, 4.69) is 25.7 Å². The van der Waals surface area contributed by atoms with Crippen molar-refractivity contribution in [3.63, 3.8) is 0 Å². The van der Waals surface area contributed by atoms with E-state index in [9.17, 15) is 4.79 Å². The first kappa shape index (κ1) is 8.86. The van der Waals surface area contributed by atoms with Gasteiger partial charge in [0.15, 0.2) is 11.5 Å². The number of rotatable bonds is 1. The molecule has 0 fully saturated rings. The van der Waals surface area contributed by atoms with Gasteiger partial charge in [0.2, 0.25) is 0 Å². The highest BCUT2D eigenvalue weighted by molar-refractivity contribution is 5.83. The van der Waals surface area contributed by atoms with Crippen LogP contribution >= 0.6 is 0 Å². The van der Waals surface area contributed by atoms with Gasteiger partial charge >= 0.3 is 0 Å². The second-order valence-corrected chi connectivity index (χ2v) is 3.49. The van der Waals surface area contributed by atoms with Crippen molar-refractivity contribution in [3.05, 3.63) is 10.4 Å². The van der Waals surface area contributed by atoms with Crippen molar-refractivity contribution in [1.82, 2.24) is 15.4 Å². The Kier molecular flexibility index (Phi) is 1.83. The summed E-state index contributed by atoms with van der Waals surface area (Å²) in [6.07, 6.45) is 2.59. The predicted octanol–water partition coefficient (Wildman–Crippen LogP) is 0.461. The summed E-state index contributed by atoms with van der Waals surface area (Å²) >= 11 is 0. The van der Waals surface area contributed by atoms with Crippen molar-refractivity contribution in [1.29, 1.82) is 0 Å². The first-order valence-corrected chi connectivity index (χ1v) is 4.43. The van der Waals surface area contributed by atoms with Crippen LogP contribution in [0.1, 0.15) is 20.3 Å². The Morgan fingerprint density at radius 3 is 3.07 bits per heavy atom. The molecule has 0 saturated heterocycles. The van der Waals surface area contributed by atoms with Gasteiger partial charge in [0, 0.05) is 6.21 Å². The summed E-state index contributed by atoms with van der Waals surface area (Å²) in [5, 5.41) is 12.6. The predicted molar refractivity (Wildman–Crippen MR) is 53.1 cm³/mol. The molecule has 6 nitrogen and oxygen atoms in total. The van der Waals surface area contributed by atoms with E-state index in [1.807, 2.05) is 13.8 Å². The molecule has 6 heteroatoms. The quantitative estimate of drug-likeness (QED) is 0.678. The standard InChI is InChI=1S/C8H11N5O/c1-3-8(2)4-9-5-6(10-8)11-13-12-7(5)14/h4H,3H2,1-2H3,(H2,10,11,12,14). The minimum Gasteiger partial charge on any atom is -0.356 e. The first-order chi connectivity index (χ1) is 6.64. The molecule has 2 rings (SSSR count). The summed E-state index contributed by atoms with van der Waals surface area (Å²) in [5.74, 6) is 0.445. The Hall–Kier alpha value is -1.72. The highest BCUT2D eigenvalue weighted by Gasteiger charge is 2.26. The van der Waals surface area contributed by atoms with Gasteiger partial charge in [-0.25, -0.2) is 10.1 Å². The Labute approximate surface area is 80.5 Å². The third-order valence-corrected chi connectivity index (χ3v) is 2.36. The molecule has 0 amide bonds. The molecule has 1 unspecified atom stereocenters. The van der Waals surface area contributed by atoms with Crippen LogP contribution in [0.4, 0.5) is 11.5 Å². The number of nitrogens with zero attached hydrogens (tertiary/aromatic N) is 3. The molecule has 14 heavy (non-hydrogen) atoms. The lowest BCUT2D eigenvalue weighted by Gasteiger charge is -2.28. The van der Waals surface area contributed by atoms with E-state index in [-0.39, 0.29) is 11.1 Å². The van der Waals surface area contributed by atoms with Gasteiger partial charge in [-0.1, -0.05) is 12.1 Å². The van der Waals surface area contributed by atoms with Crippen LogP contribution < -0.4 is 10.9 Å². The lowest BCUT2D eigenvalue weighted by molar-refractivity contribution is 0.647. The Balaban J connectivity index is 2.51. The van der Waals surface area contributed by atoms with Gasteiger partial charge in [-0.05, 0) is 13.3 Å². The van der Waals surface area contributed by atoms with Gasteiger partial charge in [-0.3, -0.25) is 4.79 Å². The average molecular weight is 193 g/mol. The summed E-state index contributed by atoms with van der Waals surface area (Å²) in [4.78, 5) is 15.3. The van der Waals surface area contributed by atoms with Gasteiger partial charge < -0.3 is 5.32 Å². The molecule has 0 spiro atoms. The molecule has 1 aliphatic heterocycles. The van der Waals surface area contributed by atoms with Crippen molar-refractivity contribution in [2.75, 3.05) is 5.32 Å². The van der Waals surface area contributed by atoms with E-state index in [1.165, 1.54) is 0 Å². The average Bonchev–Trinajstić information content (AvgIpc) is 2.18. The molecule has 1 atom stereocenters. The minimum atomic E-state index is -0.322. The number of nitrogens with one attached hydrogen (secondary N) is 2. The van der Waals surface area contributed by atoms with Crippen molar-refractivity contribution in [2.24, 2.45) is 4.99 Å². The van der Waals surface area contributed by atoms with Crippen LogP contribution in [0, 0.1) is 0 Å². The molecule has 2 N–H and O–H groups in total. The minimum absolute atomic E-state index is 0.241. The molecule has 2 heterocycles. The lowest BCUT2D eigenvalue weighted by atomic mass is 9.99. The SMILES string of the molecule is CCC1(C)C=Nc2c(nn[nH]c2=O)N1. The topological polar surface area (TPSA) is 83.0 Å². The fourth-order valence-corrected chi connectivity index (χ4v) is 1.22. The van der Waals surface area contributed by atoms with E-state index >= 15 is 0 Å². The Morgan fingerprint density at radius 1 is 1.57 bits per heavy atom. The van der Waals surface area contributed by atoms with E-state index in [0.29, 0.717) is 11.5 Å². The van der Waals surface area contributed by atoms with Gasteiger partial charge in [0.25, 0.3) is 5.56 Å². The van der Waals surface area contributed by atoms with Crippen molar-refractivity contribution < 1.29 is 0 Å². The van der Waals surface area contributed by atoms with Crippen LogP contribution in [-0.4, -0.2) is 27.2 Å². The molecule has 1 aromatic rings. The molecule has 1 aromatic heterocycles. The number of fused-ring (bicyclic) bond motifs is 1. The largest absolute Gasteiger partial charge is 0.356 e. The smallest absolute Gasteiger partial charge is 0.295 e. The Bertz CT molecular complexity index is 438. The molecule has 1 aliphatic rings. The first-order valence-electron chi connectivity index (χ1n) is 4.43. The lowest BCUT2D eigenvalue weighted by Crippen LogP contribution is -2.39. The highest BCUT2D eigenvalue weighted by Crippen LogP contribution is 2.25. The van der Waals surface area contributed by atoms with Gasteiger partial charge in [0.1, 0.15) is 0 Å². The molecular formula is C8H11N5O.